The SMILES string of the molecule is COc1ccc(CNc2nc(Cl)ncc2C(F)(F)F)c(OC)c1. The van der Waals surface area contributed by atoms with Crippen LogP contribution in [0.5, 0.6) is 11.5 Å². The van der Waals surface area contributed by atoms with Crippen LogP contribution in [0.1, 0.15) is 11.1 Å². The van der Waals surface area contributed by atoms with Gasteiger partial charge in [-0.05, 0) is 23.7 Å². The largest absolute Gasteiger partial charge is 0.497 e. The molecule has 1 aromatic heterocycles. The van der Waals surface area contributed by atoms with Gasteiger partial charge < -0.3 is 14.8 Å². The Morgan fingerprint density at radius 2 is 1.96 bits per heavy atom. The van der Waals surface area contributed by atoms with Crippen molar-refractivity contribution < 1.29 is 22.6 Å². The third-order valence-electron chi connectivity index (χ3n) is 3.01. The van der Waals surface area contributed by atoms with Crippen LogP contribution >= 0.6 is 11.6 Å². The van der Waals surface area contributed by atoms with Gasteiger partial charge in [-0.1, -0.05) is 0 Å². The zero-order chi connectivity index (χ0) is 17.0. The van der Waals surface area contributed by atoms with Gasteiger partial charge in [0.1, 0.15) is 22.9 Å². The highest BCUT2D eigenvalue weighted by Gasteiger charge is 2.35. The molecule has 0 fully saturated rings. The predicted molar refractivity (Wildman–Crippen MR) is 78.9 cm³/mol. The van der Waals surface area contributed by atoms with E-state index >= 15 is 0 Å². The lowest BCUT2D eigenvalue weighted by Gasteiger charge is -2.15. The molecule has 23 heavy (non-hydrogen) atoms. The first-order valence-electron chi connectivity index (χ1n) is 6.39. The van der Waals surface area contributed by atoms with Crippen molar-refractivity contribution >= 4 is 17.4 Å². The molecule has 5 nitrogen and oxygen atoms in total. The number of halogens is 4. The summed E-state index contributed by atoms with van der Waals surface area (Å²) in [5.41, 5.74) is -0.356. The van der Waals surface area contributed by atoms with Gasteiger partial charge in [0, 0.05) is 24.4 Å². The Bertz CT molecular complexity index is 695. The average molecular weight is 348 g/mol. The first-order valence-corrected chi connectivity index (χ1v) is 6.77. The molecule has 1 heterocycles. The lowest BCUT2D eigenvalue weighted by molar-refractivity contribution is -0.137. The zero-order valence-corrected chi connectivity index (χ0v) is 13.0. The molecular formula is C14H13ClF3N3O2. The number of hydrogen-bond donors (Lipinski definition) is 1. The second-order valence-corrected chi connectivity index (χ2v) is 4.77. The van der Waals surface area contributed by atoms with Gasteiger partial charge in [0.15, 0.2) is 0 Å². The number of nitrogens with zero attached hydrogens (tertiary/aromatic N) is 2. The van der Waals surface area contributed by atoms with Crippen molar-refractivity contribution in [2.75, 3.05) is 19.5 Å². The fourth-order valence-electron chi connectivity index (χ4n) is 1.88. The second-order valence-electron chi connectivity index (χ2n) is 4.43. The second kappa shape index (κ2) is 6.91. The first kappa shape index (κ1) is 17.1. The third-order valence-corrected chi connectivity index (χ3v) is 3.19. The summed E-state index contributed by atoms with van der Waals surface area (Å²) in [5, 5.41) is 2.34. The molecule has 0 radical (unpaired) electrons. The summed E-state index contributed by atoms with van der Waals surface area (Å²) in [6, 6.07) is 4.99. The summed E-state index contributed by atoms with van der Waals surface area (Å²) in [6.07, 6.45) is -3.94. The summed E-state index contributed by atoms with van der Waals surface area (Å²) in [5.74, 6) is 0.660. The van der Waals surface area contributed by atoms with E-state index in [0.29, 0.717) is 23.3 Å². The molecule has 1 aromatic carbocycles. The lowest BCUT2D eigenvalue weighted by atomic mass is 10.2. The average Bonchev–Trinajstić information content (AvgIpc) is 2.51. The molecule has 0 amide bonds. The zero-order valence-electron chi connectivity index (χ0n) is 12.2. The fraction of sp³-hybridized carbons (Fsp3) is 0.286. The van der Waals surface area contributed by atoms with Crippen molar-refractivity contribution in [2.24, 2.45) is 0 Å². The lowest BCUT2D eigenvalue weighted by Crippen LogP contribution is -2.13. The first-order chi connectivity index (χ1) is 10.8. The maximum Gasteiger partial charge on any atom is 0.421 e. The molecule has 124 valence electrons. The van der Waals surface area contributed by atoms with Crippen molar-refractivity contribution in [2.45, 2.75) is 12.7 Å². The molecule has 0 aliphatic heterocycles. The molecule has 2 aromatic rings. The van der Waals surface area contributed by atoms with Gasteiger partial charge in [-0.3, -0.25) is 0 Å². The Kier molecular flexibility index (Phi) is 5.15. The number of anilines is 1. The topological polar surface area (TPSA) is 56.3 Å². The van der Waals surface area contributed by atoms with E-state index in [9.17, 15) is 13.2 Å². The van der Waals surface area contributed by atoms with E-state index < -0.39 is 17.6 Å². The predicted octanol–water partition coefficient (Wildman–Crippen LogP) is 3.78. The fourth-order valence-corrected chi connectivity index (χ4v) is 2.01. The number of benzene rings is 1. The van der Waals surface area contributed by atoms with Crippen LogP contribution in [0, 0.1) is 0 Å². The van der Waals surface area contributed by atoms with Crippen molar-refractivity contribution in [1.82, 2.24) is 9.97 Å². The van der Waals surface area contributed by atoms with Crippen LogP contribution in [0.2, 0.25) is 5.28 Å². The van der Waals surface area contributed by atoms with E-state index in [2.05, 4.69) is 15.3 Å². The highest BCUT2D eigenvalue weighted by Crippen LogP contribution is 2.34. The van der Waals surface area contributed by atoms with Crippen LogP contribution in [0.25, 0.3) is 0 Å². The number of alkyl halides is 3. The summed E-state index contributed by atoms with van der Waals surface area (Å²) in [7, 11) is 2.96. The standard InChI is InChI=1S/C14H13ClF3N3O2/c1-22-9-4-3-8(11(5-9)23-2)6-19-12-10(14(16,17)18)7-20-13(15)21-12/h3-5,7H,6H2,1-2H3,(H,19,20,21). The smallest absolute Gasteiger partial charge is 0.421 e. The Morgan fingerprint density at radius 3 is 2.57 bits per heavy atom. The monoisotopic (exact) mass is 347 g/mol. The molecule has 0 unspecified atom stereocenters. The summed E-state index contributed by atoms with van der Waals surface area (Å²) >= 11 is 5.58. The van der Waals surface area contributed by atoms with Crippen molar-refractivity contribution in [1.29, 1.82) is 0 Å². The maximum atomic E-state index is 12.9. The minimum absolute atomic E-state index is 0.0591. The minimum Gasteiger partial charge on any atom is -0.497 e. The molecule has 2 rings (SSSR count). The Morgan fingerprint density at radius 1 is 1.22 bits per heavy atom. The minimum atomic E-state index is -4.59. The molecule has 0 saturated heterocycles. The molecule has 0 saturated carbocycles. The van der Waals surface area contributed by atoms with Crippen LogP contribution in [-0.4, -0.2) is 24.2 Å². The maximum absolute atomic E-state index is 12.9. The molecular weight excluding hydrogens is 335 g/mol. The molecule has 0 aliphatic rings. The summed E-state index contributed by atoms with van der Waals surface area (Å²) in [6.45, 7) is 0.0591. The van der Waals surface area contributed by atoms with E-state index in [1.54, 1.807) is 18.2 Å². The van der Waals surface area contributed by atoms with Gasteiger partial charge in [0.2, 0.25) is 5.28 Å². The van der Waals surface area contributed by atoms with E-state index in [1.165, 1.54) is 14.2 Å². The molecule has 0 bridgehead atoms. The highest BCUT2D eigenvalue weighted by molar-refractivity contribution is 6.28. The van der Waals surface area contributed by atoms with Crippen molar-refractivity contribution in [3.05, 3.63) is 40.8 Å². The van der Waals surface area contributed by atoms with E-state index in [4.69, 9.17) is 21.1 Å². The van der Waals surface area contributed by atoms with Gasteiger partial charge >= 0.3 is 6.18 Å². The van der Waals surface area contributed by atoms with Crippen molar-refractivity contribution in [3.8, 4) is 11.5 Å². The Labute approximate surface area is 135 Å². The van der Waals surface area contributed by atoms with E-state index in [1.807, 2.05) is 0 Å². The number of rotatable bonds is 5. The molecule has 0 atom stereocenters. The van der Waals surface area contributed by atoms with Crippen LogP contribution in [0.15, 0.2) is 24.4 Å². The number of hydrogen-bond acceptors (Lipinski definition) is 5. The van der Waals surface area contributed by atoms with Crippen LogP contribution in [-0.2, 0) is 12.7 Å². The van der Waals surface area contributed by atoms with Gasteiger partial charge in [0.25, 0.3) is 0 Å². The van der Waals surface area contributed by atoms with Gasteiger partial charge in [-0.25, -0.2) is 9.97 Å². The molecule has 1 N–H and O–H groups in total. The van der Waals surface area contributed by atoms with Gasteiger partial charge in [-0.15, -0.1) is 0 Å². The van der Waals surface area contributed by atoms with Crippen LogP contribution in [0.4, 0.5) is 19.0 Å². The molecule has 9 heteroatoms. The highest BCUT2D eigenvalue weighted by atomic mass is 35.5. The Hall–Kier alpha value is -2.22. The third kappa shape index (κ3) is 4.16. The van der Waals surface area contributed by atoms with E-state index in [-0.39, 0.29) is 11.8 Å². The molecule has 0 aliphatic carbocycles. The van der Waals surface area contributed by atoms with Crippen molar-refractivity contribution in [3.63, 3.8) is 0 Å². The normalized spacial score (nSPS) is 11.2. The van der Waals surface area contributed by atoms with Gasteiger partial charge in [-0.2, -0.15) is 13.2 Å². The van der Waals surface area contributed by atoms with Crippen LogP contribution in [0.3, 0.4) is 0 Å². The number of methoxy groups -OCH3 is 2. The summed E-state index contributed by atoms with van der Waals surface area (Å²) in [4.78, 5) is 6.97. The van der Waals surface area contributed by atoms with Crippen LogP contribution < -0.4 is 14.8 Å². The van der Waals surface area contributed by atoms with E-state index in [0.717, 1.165) is 0 Å². The molecule has 0 spiro atoms. The number of aromatic nitrogens is 2. The quantitative estimate of drug-likeness (QED) is 0.834. The van der Waals surface area contributed by atoms with Gasteiger partial charge in [0.05, 0.1) is 14.2 Å². The number of nitrogens with one attached hydrogen (secondary N) is 1. The Balaban J connectivity index is 2.26. The summed E-state index contributed by atoms with van der Waals surface area (Å²) < 4.78 is 49.1. The number of ether oxygens (including phenoxy) is 2.